The van der Waals surface area contributed by atoms with Gasteiger partial charge >= 0.3 is 0 Å². The fraction of sp³-hybridized carbons (Fsp3) is 0.581. The number of alkyl halides is 2. The first-order chi connectivity index (χ1) is 19.5. The van der Waals surface area contributed by atoms with Crippen LogP contribution in [-0.2, 0) is 12.5 Å². The molecule has 0 aliphatic carbocycles. The van der Waals surface area contributed by atoms with E-state index < -0.39 is 11.8 Å². The number of hydrogen-bond donors (Lipinski definition) is 1. The number of aryl methyl sites for hydroxylation is 1. The molecule has 0 bridgehead atoms. The summed E-state index contributed by atoms with van der Waals surface area (Å²) in [5, 5.41) is 4.57. The predicted molar refractivity (Wildman–Crippen MR) is 163 cm³/mol. The summed E-state index contributed by atoms with van der Waals surface area (Å²) in [6.45, 7) is 15.9. The van der Waals surface area contributed by atoms with Gasteiger partial charge in [-0.05, 0) is 78.2 Å². The van der Waals surface area contributed by atoms with E-state index in [9.17, 15) is 0 Å². The van der Waals surface area contributed by atoms with Gasteiger partial charge in [-0.3, -0.25) is 4.90 Å². The van der Waals surface area contributed by atoms with E-state index in [1.54, 1.807) is 18.2 Å². The van der Waals surface area contributed by atoms with E-state index in [2.05, 4.69) is 62.7 Å². The van der Waals surface area contributed by atoms with Gasteiger partial charge in [0.1, 0.15) is 11.6 Å². The van der Waals surface area contributed by atoms with Crippen LogP contribution in [0.15, 0.2) is 30.3 Å². The van der Waals surface area contributed by atoms with Gasteiger partial charge in [0, 0.05) is 56.3 Å². The highest BCUT2D eigenvalue weighted by atomic mass is 35.5. The number of aromatic nitrogens is 3. The van der Waals surface area contributed by atoms with E-state index in [0.717, 1.165) is 42.8 Å². The first-order valence-corrected chi connectivity index (χ1v) is 15.2. The lowest BCUT2D eigenvalue weighted by Crippen LogP contribution is -2.49. The fourth-order valence-corrected chi connectivity index (χ4v) is 6.31. The lowest BCUT2D eigenvalue weighted by atomic mass is 9.85. The number of nitrogens with zero attached hydrogens (tertiary/aromatic N) is 6. The van der Waals surface area contributed by atoms with Crippen molar-refractivity contribution in [3.63, 3.8) is 0 Å². The molecule has 2 aliphatic rings. The third kappa shape index (κ3) is 6.57. The van der Waals surface area contributed by atoms with E-state index in [4.69, 9.17) is 11.6 Å². The molecule has 5 rings (SSSR count). The van der Waals surface area contributed by atoms with Crippen LogP contribution >= 0.6 is 11.6 Å². The third-order valence-corrected chi connectivity index (χ3v) is 8.94. The molecule has 1 aromatic carbocycles. The molecule has 0 atom stereocenters. The Hall–Kier alpha value is -2.62. The van der Waals surface area contributed by atoms with Gasteiger partial charge in [-0.25, -0.2) is 23.7 Å². The Morgan fingerprint density at radius 1 is 0.927 bits per heavy atom. The Kier molecular flexibility index (Phi) is 8.97. The van der Waals surface area contributed by atoms with E-state index >= 15 is 8.78 Å². The Bertz CT molecular complexity index is 1350. The fourth-order valence-electron chi connectivity index (χ4n) is 6.06. The zero-order valence-electron chi connectivity index (χ0n) is 24.8. The van der Waals surface area contributed by atoms with Crippen LogP contribution in [0.5, 0.6) is 0 Å². The van der Waals surface area contributed by atoms with Crippen molar-refractivity contribution in [2.24, 2.45) is 5.92 Å². The topological polar surface area (TPSA) is 60.4 Å². The highest BCUT2D eigenvalue weighted by molar-refractivity contribution is 6.32. The van der Waals surface area contributed by atoms with Crippen molar-refractivity contribution in [3.8, 4) is 0 Å². The van der Waals surface area contributed by atoms with Crippen molar-refractivity contribution in [2.45, 2.75) is 72.0 Å². The number of anilines is 2. The minimum atomic E-state index is -2.87. The molecule has 10 heteroatoms. The molecule has 3 aromatic rings. The molecule has 0 unspecified atom stereocenters. The second-order valence-corrected chi connectivity index (χ2v) is 12.3. The maximum Gasteiger partial charge on any atom is 0.276 e. The number of piperidine rings is 1. The lowest BCUT2D eigenvalue weighted by Gasteiger charge is -2.38. The average molecular weight is 586 g/mol. The molecule has 0 saturated carbocycles. The number of nitrogens with one attached hydrogen (secondary N) is 1. The molecule has 2 fully saturated rings. The van der Waals surface area contributed by atoms with Crippen LogP contribution in [0.4, 0.5) is 20.3 Å². The smallest absolute Gasteiger partial charge is 0.276 e. The minimum Gasteiger partial charge on any atom is -0.366 e. The summed E-state index contributed by atoms with van der Waals surface area (Å²) in [7, 11) is 0. The highest BCUT2D eigenvalue weighted by Gasteiger charge is 2.42. The summed E-state index contributed by atoms with van der Waals surface area (Å²) in [6, 6.07) is 9.68. The average Bonchev–Trinajstić information content (AvgIpc) is 2.95. The molecule has 2 aliphatic heterocycles. The van der Waals surface area contributed by atoms with E-state index in [1.165, 1.54) is 0 Å². The molecule has 4 heterocycles. The van der Waals surface area contributed by atoms with Crippen LogP contribution in [0, 0.1) is 12.8 Å². The van der Waals surface area contributed by atoms with Gasteiger partial charge in [-0.15, -0.1) is 0 Å². The zero-order chi connectivity index (χ0) is 29.3. The maximum atomic E-state index is 15.6. The minimum absolute atomic E-state index is 0.0831. The number of fused-ring (bicyclic) bond motifs is 1. The van der Waals surface area contributed by atoms with Gasteiger partial charge in [-0.2, -0.15) is 0 Å². The van der Waals surface area contributed by atoms with Crippen LogP contribution in [0.25, 0.3) is 11.0 Å². The summed E-state index contributed by atoms with van der Waals surface area (Å²) in [6.07, 6.45) is 1.01. The molecular formula is C31H42ClF2N7. The number of piperazine rings is 1. The van der Waals surface area contributed by atoms with Gasteiger partial charge in [-0.1, -0.05) is 29.8 Å². The molecule has 222 valence electrons. The van der Waals surface area contributed by atoms with E-state index in [0.29, 0.717) is 67.0 Å². The summed E-state index contributed by atoms with van der Waals surface area (Å²) < 4.78 is 31.2. The van der Waals surface area contributed by atoms with Crippen molar-refractivity contribution in [2.75, 3.05) is 49.5 Å². The van der Waals surface area contributed by atoms with Crippen LogP contribution in [0.3, 0.4) is 0 Å². The molecule has 2 saturated heterocycles. The molecular weight excluding hydrogens is 544 g/mol. The molecule has 0 amide bonds. The number of hydrogen-bond acceptors (Lipinski definition) is 7. The Balaban J connectivity index is 1.34. The van der Waals surface area contributed by atoms with Gasteiger partial charge < -0.3 is 15.1 Å². The summed E-state index contributed by atoms with van der Waals surface area (Å²) >= 11 is 6.64. The predicted octanol–water partition coefficient (Wildman–Crippen LogP) is 6.34. The SMILES string of the molecule is Cc1nc(NCc2cccc(C(F)(F)C3CCN(C(C)C)CC3)c2)c2cc(N3CCN(C(C)C)CC3)c(Cl)nc2n1. The standard InChI is InChI=1S/C31H42ClF2N7/c1-20(2)39-11-9-24(10-12-39)31(33,34)25-8-6-7-23(17-25)19-35-29-26-18-27(28(32)38-30(26)37-22(5)36-29)41-15-13-40(14-16-41)21(3)4/h6-8,17-18,20-21,24H,9-16,19H2,1-5H3,(H,35,36,37,38). The maximum absolute atomic E-state index is 15.6. The largest absolute Gasteiger partial charge is 0.366 e. The quantitative estimate of drug-likeness (QED) is 0.309. The van der Waals surface area contributed by atoms with Crippen molar-refractivity contribution in [1.82, 2.24) is 24.8 Å². The Morgan fingerprint density at radius 3 is 2.24 bits per heavy atom. The number of pyridine rings is 1. The van der Waals surface area contributed by atoms with Gasteiger partial charge in [0.05, 0.1) is 11.1 Å². The first-order valence-electron chi connectivity index (χ1n) is 14.8. The van der Waals surface area contributed by atoms with Crippen LogP contribution in [-0.4, -0.2) is 76.1 Å². The summed E-state index contributed by atoms with van der Waals surface area (Å²) in [4.78, 5) is 20.8. The normalized spacial score (nSPS) is 18.1. The van der Waals surface area contributed by atoms with Crippen molar-refractivity contribution in [1.29, 1.82) is 0 Å². The Labute approximate surface area is 247 Å². The van der Waals surface area contributed by atoms with E-state index in [1.807, 2.05) is 19.1 Å². The van der Waals surface area contributed by atoms with Gasteiger partial charge in [0.15, 0.2) is 10.8 Å². The van der Waals surface area contributed by atoms with Crippen molar-refractivity contribution < 1.29 is 8.78 Å². The summed E-state index contributed by atoms with van der Waals surface area (Å²) in [5.74, 6) is -2.33. The van der Waals surface area contributed by atoms with Gasteiger partial charge in [0.25, 0.3) is 5.92 Å². The molecule has 0 spiro atoms. The number of halogens is 3. The molecule has 1 N–H and O–H groups in total. The molecule has 41 heavy (non-hydrogen) atoms. The monoisotopic (exact) mass is 585 g/mol. The number of rotatable bonds is 8. The molecule has 0 radical (unpaired) electrons. The second kappa shape index (κ2) is 12.3. The lowest BCUT2D eigenvalue weighted by molar-refractivity contribution is -0.0875. The van der Waals surface area contributed by atoms with Crippen LogP contribution in [0.1, 0.15) is 57.5 Å². The number of likely N-dealkylation sites (tertiary alicyclic amines) is 1. The first kappa shape index (κ1) is 29.9. The molecule has 7 nitrogen and oxygen atoms in total. The summed E-state index contributed by atoms with van der Waals surface area (Å²) in [5.41, 5.74) is 2.24. The van der Waals surface area contributed by atoms with Crippen molar-refractivity contribution in [3.05, 3.63) is 52.4 Å². The zero-order valence-corrected chi connectivity index (χ0v) is 25.6. The van der Waals surface area contributed by atoms with Crippen LogP contribution in [0.2, 0.25) is 5.15 Å². The van der Waals surface area contributed by atoms with Gasteiger partial charge in [0.2, 0.25) is 0 Å². The third-order valence-electron chi connectivity index (χ3n) is 8.66. The second-order valence-electron chi connectivity index (χ2n) is 12.0. The highest BCUT2D eigenvalue weighted by Crippen LogP contribution is 2.42. The Morgan fingerprint density at radius 2 is 1.59 bits per heavy atom. The molecule has 2 aromatic heterocycles. The van der Waals surface area contributed by atoms with Crippen molar-refractivity contribution >= 4 is 34.1 Å². The van der Waals surface area contributed by atoms with Crippen LogP contribution < -0.4 is 10.2 Å². The number of benzene rings is 1. The van der Waals surface area contributed by atoms with E-state index in [-0.39, 0.29) is 5.56 Å².